The van der Waals surface area contributed by atoms with Crippen molar-refractivity contribution in [2.24, 2.45) is 0 Å². The minimum absolute atomic E-state index is 0.0776. The number of nitrogens with one attached hydrogen (secondary N) is 1. The summed E-state index contributed by atoms with van der Waals surface area (Å²) in [7, 11) is 0. The molecule has 0 spiro atoms. The molecule has 2 heterocycles. The Kier molecular flexibility index (Phi) is 8.64. The molecule has 1 fully saturated rings. The summed E-state index contributed by atoms with van der Waals surface area (Å²) in [5.41, 5.74) is -0.0663. The molecule has 1 aromatic rings. The van der Waals surface area contributed by atoms with E-state index in [2.05, 4.69) is 5.32 Å². The summed E-state index contributed by atoms with van der Waals surface area (Å²) >= 11 is 0. The van der Waals surface area contributed by atoms with Gasteiger partial charge in [-0.3, -0.25) is 34.2 Å². The van der Waals surface area contributed by atoms with Crippen LogP contribution in [0.15, 0.2) is 18.2 Å². The first-order valence-corrected chi connectivity index (χ1v) is 12.3. The fourth-order valence-electron chi connectivity index (χ4n) is 4.26. The van der Waals surface area contributed by atoms with E-state index in [1.54, 1.807) is 18.2 Å². The molecule has 0 radical (unpaired) electrons. The number of fused-ring (bicyclic) bond motifs is 1. The molecule has 0 aliphatic carbocycles. The zero-order valence-corrected chi connectivity index (χ0v) is 20.7. The minimum atomic E-state index is -0.997. The molecule has 2 aliphatic rings. The number of benzene rings is 1. The van der Waals surface area contributed by atoms with Gasteiger partial charge in [-0.1, -0.05) is 31.7 Å². The normalized spacial score (nSPS) is 17.9. The molecule has 1 N–H and O–H groups in total. The number of ether oxygens (including phenoxy) is 2. The van der Waals surface area contributed by atoms with Crippen molar-refractivity contribution in [2.45, 2.75) is 90.2 Å². The van der Waals surface area contributed by atoms with Crippen LogP contribution < -0.4 is 10.1 Å². The Bertz CT molecular complexity index is 996. The van der Waals surface area contributed by atoms with Gasteiger partial charge in [0.05, 0.1) is 17.7 Å². The molecule has 9 heteroatoms. The first-order valence-electron chi connectivity index (χ1n) is 12.3. The van der Waals surface area contributed by atoms with E-state index in [4.69, 9.17) is 9.47 Å². The van der Waals surface area contributed by atoms with Gasteiger partial charge >= 0.3 is 5.97 Å². The zero-order valence-electron chi connectivity index (χ0n) is 20.7. The SMILES string of the molecule is CC(C)(C)OC(=O)CCCCCCCCOc1cccc2c1C(=O)N(C1CCC(=O)NC1=O)C2=O. The number of carbonyl (C=O) groups excluding carboxylic acids is 5. The first kappa shape index (κ1) is 26.4. The van der Waals surface area contributed by atoms with Crippen LogP contribution in [0.3, 0.4) is 0 Å². The molecule has 2 aliphatic heterocycles. The van der Waals surface area contributed by atoms with Crippen LogP contribution in [0.25, 0.3) is 0 Å². The van der Waals surface area contributed by atoms with Crippen LogP contribution in [0.5, 0.6) is 5.75 Å². The van der Waals surface area contributed by atoms with Gasteiger partial charge in [0.1, 0.15) is 17.4 Å². The van der Waals surface area contributed by atoms with E-state index < -0.39 is 35.3 Å². The van der Waals surface area contributed by atoms with Gasteiger partial charge in [-0.2, -0.15) is 0 Å². The third kappa shape index (κ3) is 6.90. The van der Waals surface area contributed by atoms with Crippen molar-refractivity contribution in [3.05, 3.63) is 29.3 Å². The number of hydrogen-bond donors (Lipinski definition) is 1. The fraction of sp³-hybridized carbons (Fsp3) is 0.577. The average molecular weight is 487 g/mol. The van der Waals surface area contributed by atoms with E-state index in [0.29, 0.717) is 18.8 Å². The second-order valence-corrected chi connectivity index (χ2v) is 9.93. The summed E-state index contributed by atoms with van der Waals surface area (Å²) in [4.78, 5) is 62.2. The summed E-state index contributed by atoms with van der Waals surface area (Å²) < 4.78 is 11.1. The van der Waals surface area contributed by atoms with Crippen molar-refractivity contribution < 1.29 is 33.4 Å². The van der Waals surface area contributed by atoms with E-state index in [9.17, 15) is 24.0 Å². The van der Waals surface area contributed by atoms with Crippen LogP contribution in [-0.2, 0) is 19.1 Å². The molecule has 4 amide bonds. The van der Waals surface area contributed by atoms with Crippen LogP contribution in [0.2, 0.25) is 0 Å². The number of rotatable bonds is 11. The van der Waals surface area contributed by atoms with Crippen molar-refractivity contribution in [3.8, 4) is 5.75 Å². The lowest BCUT2D eigenvalue weighted by atomic mass is 10.0. The third-order valence-electron chi connectivity index (χ3n) is 5.88. The number of imide groups is 2. The average Bonchev–Trinajstić information content (AvgIpc) is 3.02. The predicted molar refractivity (Wildman–Crippen MR) is 127 cm³/mol. The van der Waals surface area contributed by atoms with Crippen molar-refractivity contribution in [3.63, 3.8) is 0 Å². The zero-order chi connectivity index (χ0) is 25.6. The van der Waals surface area contributed by atoms with Gasteiger partial charge in [-0.25, -0.2) is 0 Å². The minimum Gasteiger partial charge on any atom is -0.493 e. The number of unbranched alkanes of at least 4 members (excludes halogenated alkanes) is 5. The lowest BCUT2D eigenvalue weighted by molar-refractivity contribution is -0.155. The highest BCUT2D eigenvalue weighted by atomic mass is 16.6. The molecular weight excluding hydrogens is 452 g/mol. The lowest BCUT2D eigenvalue weighted by Gasteiger charge is -2.27. The summed E-state index contributed by atoms with van der Waals surface area (Å²) in [6.07, 6.45) is 6.13. The number of nitrogens with zero attached hydrogens (tertiary/aromatic N) is 1. The van der Waals surface area contributed by atoms with Crippen LogP contribution in [0, 0.1) is 0 Å². The quantitative estimate of drug-likeness (QED) is 0.289. The molecule has 1 aromatic carbocycles. The van der Waals surface area contributed by atoms with Crippen molar-refractivity contribution in [1.29, 1.82) is 0 Å². The van der Waals surface area contributed by atoms with Crippen LogP contribution >= 0.6 is 0 Å². The highest BCUT2D eigenvalue weighted by Crippen LogP contribution is 2.33. The molecule has 1 atom stereocenters. The van der Waals surface area contributed by atoms with Crippen molar-refractivity contribution in [2.75, 3.05) is 6.61 Å². The Hall–Kier alpha value is -3.23. The number of piperidine rings is 1. The van der Waals surface area contributed by atoms with Gasteiger partial charge in [0.25, 0.3) is 11.8 Å². The molecule has 35 heavy (non-hydrogen) atoms. The maximum Gasteiger partial charge on any atom is 0.306 e. The largest absolute Gasteiger partial charge is 0.493 e. The molecule has 3 rings (SSSR count). The monoisotopic (exact) mass is 486 g/mol. The summed E-state index contributed by atoms with van der Waals surface area (Å²) in [5.74, 6) is -1.99. The Morgan fingerprint density at radius 1 is 1.00 bits per heavy atom. The molecular formula is C26H34N2O7. The van der Waals surface area contributed by atoms with E-state index in [0.717, 1.165) is 43.4 Å². The van der Waals surface area contributed by atoms with E-state index >= 15 is 0 Å². The summed E-state index contributed by atoms with van der Waals surface area (Å²) in [5, 5.41) is 2.19. The Balaban J connectivity index is 1.42. The maximum absolute atomic E-state index is 13.0. The number of carbonyl (C=O) groups is 5. The van der Waals surface area contributed by atoms with Crippen LogP contribution in [-0.4, -0.2) is 52.7 Å². The molecule has 1 unspecified atom stereocenters. The molecule has 190 valence electrons. The van der Waals surface area contributed by atoms with E-state index in [1.807, 2.05) is 20.8 Å². The second kappa shape index (κ2) is 11.5. The van der Waals surface area contributed by atoms with Gasteiger partial charge in [0.2, 0.25) is 11.8 Å². The molecule has 0 aromatic heterocycles. The van der Waals surface area contributed by atoms with Crippen molar-refractivity contribution in [1.82, 2.24) is 10.2 Å². The van der Waals surface area contributed by atoms with Gasteiger partial charge in [0, 0.05) is 12.8 Å². The predicted octanol–water partition coefficient (Wildman–Crippen LogP) is 3.54. The van der Waals surface area contributed by atoms with Crippen LogP contribution in [0.4, 0.5) is 0 Å². The molecule has 0 bridgehead atoms. The number of esters is 1. The molecule has 0 saturated carbocycles. The van der Waals surface area contributed by atoms with E-state index in [-0.39, 0.29) is 29.9 Å². The topological polar surface area (TPSA) is 119 Å². The highest BCUT2D eigenvalue weighted by Gasteiger charge is 2.45. The summed E-state index contributed by atoms with van der Waals surface area (Å²) in [6.45, 7) is 5.98. The first-order chi connectivity index (χ1) is 16.6. The van der Waals surface area contributed by atoms with Gasteiger partial charge in [-0.05, 0) is 52.2 Å². The fourth-order valence-corrected chi connectivity index (χ4v) is 4.26. The summed E-state index contributed by atoms with van der Waals surface area (Å²) in [6, 6.07) is 3.85. The maximum atomic E-state index is 13.0. The number of amides is 4. The Labute approximate surface area is 205 Å². The standard InChI is InChI=1S/C26H34N2O7/c1-26(2,3)35-21(30)13-8-6-4-5-7-9-16-34-19-12-10-11-17-22(19)25(33)28(24(17)32)18-14-15-20(29)27-23(18)31/h10-12,18H,4-9,13-16H2,1-3H3,(H,27,29,31). The van der Waals surface area contributed by atoms with Gasteiger partial charge in [0.15, 0.2) is 0 Å². The highest BCUT2D eigenvalue weighted by molar-refractivity contribution is 6.24. The van der Waals surface area contributed by atoms with Gasteiger partial charge < -0.3 is 9.47 Å². The number of hydrogen-bond acceptors (Lipinski definition) is 7. The van der Waals surface area contributed by atoms with Gasteiger partial charge in [-0.15, -0.1) is 0 Å². The Morgan fingerprint density at radius 2 is 1.69 bits per heavy atom. The second-order valence-electron chi connectivity index (χ2n) is 9.93. The third-order valence-corrected chi connectivity index (χ3v) is 5.88. The van der Waals surface area contributed by atoms with Crippen molar-refractivity contribution >= 4 is 29.6 Å². The van der Waals surface area contributed by atoms with Crippen LogP contribution in [0.1, 0.15) is 99.3 Å². The molecule has 9 nitrogen and oxygen atoms in total. The Morgan fingerprint density at radius 3 is 2.37 bits per heavy atom. The van der Waals surface area contributed by atoms with E-state index in [1.165, 1.54) is 0 Å². The molecule has 1 saturated heterocycles. The lowest BCUT2D eigenvalue weighted by Crippen LogP contribution is -2.54. The smallest absolute Gasteiger partial charge is 0.306 e.